The van der Waals surface area contributed by atoms with Gasteiger partial charge in [-0.05, 0) is 30.3 Å². The van der Waals surface area contributed by atoms with Crippen LogP contribution in [0.3, 0.4) is 0 Å². The van der Waals surface area contributed by atoms with Crippen molar-refractivity contribution in [2.24, 2.45) is 0 Å². The molecule has 0 atom stereocenters. The van der Waals surface area contributed by atoms with Crippen LogP contribution in [0.1, 0.15) is 21.6 Å². The van der Waals surface area contributed by atoms with Crippen LogP contribution < -0.4 is 5.32 Å². The number of halogens is 1. The lowest BCUT2D eigenvalue weighted by Crippen LogP contribution is -2.46. The lowest BCUT2D eigenvalue weighted by atomic mass is 10.2. The molecular formula is C18H16FN3O. The molecule has 4 nitrogen and oxygen atoms in total. The van der Waals surface area contributed by atoms with Crippen molar-refractivity contribution >= 4 is 5.91 Å². The molecule has 1 amide bonds. The second kappa shape index (κ2) is 7.03. The molecule has 0 saturated carbocycles. The van der Waals surface area contributed by atoms with Crippen molar-refractivity contribution < 1.29 is 9.18 Å². The largest absolute Gasteiger partial charge is 0.335 e. The summed E-state index contributed by atoms with van der Waals surface area (Å²) in [7, 11) is 0. The van der Waals surface area contributed by atoms with Crippen molar-refractivity contribution in [3.05, 3.63) is 65.2 Å². The van der Waals surface area contributed by atoms with Gasteiger partial charge in [0, 0.05) is 43.5 Å². The minimum absolute atomic E-state index is 0.0591. The van der Waals surface area contributed by atoms with Gasteiger partial charge in [0.2, 0.25) is 0 Å². The maximum atomic E-state index is 13.1. The van der Waals surface area contributed by atoms with Crippen LogP contribution in [0.15, 0.2) is 42.6 Å². The van der Waals surface area contributed by atoms with Crippen molar-refractivity contribution in [1.29, 1.82) is 0 Å². The summed E-state index contributed by atoms with van der Waals surface area (Å²) < 4.78 is 13.1. The quantitative estimate of drug-likeness (QED) is 0.815. The Kier molecular flexibility index (Phi) is 4.65. The molecule has 1 N–H and O–H groups in total. The van der Waals surface area contributed by atoms with E-state index in [1.807, 2.05) is 0 Å². The molecule has 2 aromatic rings. The molecule has 1 saturated heterocycles. The van der Waals surface area contributed by atoms with Gasteiger partial charge in [-0.15, -0.1) is 0 Å². The summed E-state index contributed by atoms with van der Waals surface area (Å²) in [4.78, 5) is 18.3. The molecule has 0 bridgehead atoms. The maximum absolute atomic E-state index is 13.1. The summed E-state index contributed by atoms with van der Waals surface area (Å²) in [5.74, 6) is 5.43. The minimum atomic E-state index is -0.313. The van der Waals surface area contributed by atoms with Gasteiger partial charge in [-0.2, -0.15) is 0 Å². The standard InChI is InChI=1S/C18H16FN3O/c19-16-3-1-2-14(12-16)4-5-15-6-7-17(21-13-15)18(23)22-10-8-20-9-11-22/h1-3,6-7,12-13,20H,8-11H2. The van der Waals surface area contributed by atoms with Crippen LogP contribution in [0, 0.1) is 17.7 Å². The van der Waals surface area contributed by atoms with E-state index in [-0.39, 0.29) is 11.7 Å². The fourth-order valence-electron chi connectivity index (χ4n) is 2.33. The number of nitrogens with one attached hydrogen (secondary N) is 1. The van der Waals surface area contributed by atoms with Crippen molar-refractivity contribution in [3.8, 4) is 11.8 Å². The van der Waals surface area contributed by atoms with Gasteiger partial charge < -0.3 is 10.2 Å². The zero-order valence-electron chi connectivity index (χ0n) is 12.6. The molecule has 5 heteroatoms. The van der Waals surface area contributed by atoms with Crippen LogP contribution in [0.2, 0.25) is 0 Å². The fourth-order valence-corrected chi connectivity index (χ4v) is 2.33. The van der Waals surface area contributed by atoms with Crippen molar-refractivity contribution in [2.45, 2.75) is 0 Å². The third kappa shape index (κ3) is 3.93. The fraction of sp³-hybridized carbons (Fsp3) is 0.222. The second-order valence-corrected chi connectivity index (χ2v) is 5.23. The smallest absolute Gasteiger partial charge is 0.272 e. The number of amides is 1. The Morgan fingerprint density at radius 3 is 2.61 bits per heavy atom. The van der Waals surface area contributed by atoms with Gasteiger partial charge in [-0.3, -0.25) is 4.79 Å². The first kappa shape index (κ1) is 15.2. The maximum Gasteiger partial charge on any atom is 0.272 e. The highest BCUT2D eigenvalue weighted by Gasteiger charge is 2.18. The average molecular weight is 309 g/mol. The molecule has 0 aliphatic carbocycles. The number of hydrogen-bond donors (Lipinski definition) is 1. The highest BCUT2D eigenvalue weighted by Crippen LogP contribution is 2.06. The summed E-state index contributed by atoms with van der Waals surface area (Å²) in [6.45, 7) is 3.01. The predicted octanol–water partition coefficient (Wildman–Crippen LogP) is 1.67. The van der Waals surface area contributed by atoms with Gasteiger partial charge in [0.15, 0.2) is 0 Å². The van der Waals surface area contributed by atoms with Crippen LogP contribution in [0.25, 0.3) is 0 Å². The van der Waals surface area contributed by atoms with E-state index in [9.17, 15) is 9.18 Å². The second-order valence-electron chi connectivity index (χ2n) is 5.23. The molecule has 2 heterocycles. The predicted molar refractivity (Wildman–Crippen MR) is 85.4 cm³/mol. The van der Waals surface area contributed by atoms with Gasteiger partial charge in [0.1, 0.15) is 11.5 Å². The third-order valence-corrected chi connectivity index (χ3v) is 3.56. The molecular weight excluding hydrogens is 293 g/mol. The first-order valence-electron chi connectivity index (χ1n) is 7.46. The number of aromatic nitrogens is 1. The Morgan fingerprint density at radius 2 is 1.91 bits per heavy atom. The number of rotatable bonds is 1. The van der Waals surface area contributed by atoms with Gasteiger partial charge in [-0.1, -0.05) is 17.9 Å². The van der Waals surface area contributed by atoms with E-state index in [2.05, 4.69) is 22.1 Å². The molecule has 1 aromatic carbocycles. The SMILES string of the molecule is O=C(c1ccc(C#Cc2cccc(F)c2)cn1)N1CCNCC1. The number of carbonyl (C=O) groups is 1. The third-order valence-electron chi connectivity index (χ3n) is 3.56. The van der Waals surface area contributed by atoms with E-state index in [4.69, 9.17) is 0 Å². The first-order chi connectivity index (χ1) is 11.2. The number of pyridine rings is 1. The molecule has 0 radical (unpaired) electrons. The van der Waals surface area contributed by atoms with Crippen LogP contribution >= 0.6 is 0 Å². The molecule has 3 rings (SSSR count). The lowest BCUT2D eigenvalue weighted by Gasteiger charge is -2.27. The van der Waals surface area contributed by atoms with E-state index in [1.54, 1.807) is 35.4 Å². The average Bonchev–Trinajstić information content (AvgIpc) is 2.61. The minimum Gasteiger partial charge on any atom is -0.335 e. The summed E-state index contributed by atoms with van der Waals surface area (Å²) in [5, 5.41) is 3.21. The number of benzene rings is 1. The van der Waals surface area contributed by atoms with E-state index >= 15 is 0 Å². The monoisotopic (exact) mass is 309 g/mol. The Hall–Kier alpha value is -2.71. The first-order valence-corrected chi connectivity index (χ1v) is 7.46. The van der Waals surface area contributed by atoms with Crippen LogP contribution in [0.4, 0.5) is 4.39 Å². The lowest BCUT2D eigenvalue weighted by molar-refractivity contribution is 0.0730. The molecule has 1 fully saturated rings. The zero-order chi connectivity index (χ0) is 16.1. The molecule has 0 spiro atoms. The van der Waals surface area contributed by atoms with Gasteiger partial charge >= 0.3 is 0 Å². The molecule has 1 aromatic heterocycles. The van der Waals surface area contributed by atoms with E-state index in [1.165, 1.54) is 12.1 Å². The summed E-state index contributed by atoms with van der Waals surface area (Å²) in [6, 6.07) is 9.55. The summed E-state index contributed by atoms with van der Waals surface area (Å²) in [6.07, 6.45) is 1.57. The topological polar surface area (TPSA) is 45.2 Å². The molecule has 1 aliphatic heterocycles. The van der Waals surface area contributed by atoms with Crippen molar-refractivity contribution in [3.63, 3.8) is 0 Å². The van der Waals surface area contributed by atoms with Crippen molar-refractivity contribution in [2.75, 3.05) is 26.2 Å². The Morgan fingerprint density at radius 1 is 1.13 bits per heavy atom. The number of nitrogens with zero attached hydrogens (tertiary/aromatic N) is 2. The Labute approximate surface area is 134 Å². The van der Waals surface area contributed by atoms with Gasteiger partial charge in [0.25, 0.3) is 5.91 Å². The van der Waals surface area contributed by atoms with Crippen molar-refractivity contribution in [1.82, 2.24) is 15.2 Å². The van der Waals surface area contributed by atoms with Crippen LogP contribution in [-0.4, -0.2) is 42.0 Å². The normalized spacial score (nSPS) is 14.0. The molecule has 0 unspecified atom stereocenters. The van der Waals surface area contributed by atoms with E-state index in [0.29, 0.717) is 29.9 Å². The highest BCUT2D eigenvalue weighted by atomic mass is 19.1. The number of hydrogen-bond acceptors (Lipinski definition) is 3. The van der Waals surface area contributed by atoms with Crippen LogP contribution in [-0.2, 0) is 0 Å². The zero-order valence-corrected chi connectivity index (χ0v) is 12.6. The Balaban J connectivity index is 1.71. The van der Waals surface area contributed by atoms with E-state index < -0.39 is 0 Å². The number of carbonyl (C=O) groups excluding carboxylic acids is 1. The summed E-state index contributed by atoms with van der Waals surface area (Å²) >= 11 is 0. The Bertz CT molecular complexity index is 756. The molecule has 116 valence electrons. The molecule has 23 heavy (non-hydrogen) atoms. The highest BCUT2D eigenvalue weighted by molar-refractivity contribution is 5.92. The summed E-state index contributed by atoms with van der Waals surface area (Å²) in [5.41, 5.74) is 1.71. The molecule has 1 aliphatic rings. The van der Waals surface area contributed by atoms with Gasteiger partial charge in [-0.25, -0.2) is 9.37 Å². The van der Waals surface area contributed by atoms with Crippen LogP contribution in [0.5, 0.6) is 0 Å². The van der Waals surface area contributed by atoms with E-state index in [0.717, 1.165) is 13.1 Å². The number of piperazine rings is 1. The van der Waals surface area contributed by atoms with Gasteiger partial charge in [0.05, 0.1) is 0 Å².